The summed E-state index contributed by atoms with van der Waals surface area (Å²) < 4.78 is 0. The molecule has 0 saturated carbocycles. The van der Waals surface area contributed by atoms with Gasteiger partial charge in [-0.2, -0.15) is 11.8 Å². The van der Waals surface area contributed by atoms with E-state index in [1.54, 1.807) is 7.05 Å². The molecule has 5 heteroatoms. The fourth-order valence-electron chi connectivity index (χ4n) is 0.646. The molecule has 0 bridgehead atoms. The molecule has 0 saturated heterocycles. The average molecular weight is 193 g/mol. The van der Waals surface area contributed by atoms with E-state index in [0.717, 1.165) is 12.2 Å². The Kier molecular flexibility index (Phi) is 7.23. The first kappa shape index (κ1) is 11.7. The molecule has 0 aliphatic rings. The molecule has 0 aromatic carbocycles. The van der Waals surface area contributed by atoms with Crippen LogP contribution in [0.2, 0.25) is 0 Å². The number of nitrogens with one attached hydrogen (secondary N) is 1. The van der Waals surface area contributed by atoms with E-state index in [1.165, 1.54) is 11.8 Å². The second-order valence-corrected chi connectivity index (χ2v) is 3.48. The Labute approximate surface area is 76.4 Å². The third-order valence-corrected chi connectivity index (χ3v) is 2.52. The van der Waals surface area contributed by atoms with Crippen LogP contribution in [0.5, 0.6) is 0 Å². The SMILES string of the molecule is CNC(CSCCCO)C(=O)O. The van der Waals surface area contributed by atoms with E-state index in [1.807, 2.05) is 0 Å². The lowest BCUT2D eigenvalue weighted by Crippen LogP contribution is -2.36. The second kappa shape index (κ2) is 7.39. The van der Waals surface area contributed by atoms with Crippen molar-refractivity contribution in [1.29, 1.82) is 0 Å². The topological polar surface area (TPSA) is 69.6 Å². The number of carboxylic acid groups (broad SMARTS) is 1. The maximum absolute atomic E-state index is 10.5. The lowest BCUT2D eigenvalue weighted by molar-refractivity contribution is -0.138. The first-order valence-corrected chi connectivity index (χ1v) is 4.96. The molecule has 0 amide bonds. The highest BCUT2D eigenvalue weighted by Crippen LogP contribution is 2.04. The predicted octanol–water partition coefficient (Wildman–Crippen LogP) is -0.225. The highest BCUT2D eigenvalue weighted by molar-refractivity contribution is 7.99. The van der Waals surface area contributed by atoms with Crippen molar-refractivity contribution in [2.24, 2.45) is 0 Å². The summed E-state index contributed by atoms with van der Waals surface area (Å²) in [6.45, 7) is 0.171. The minimum absolute atomic E-state index is 0.171. The van der Waals surface area contributed by atoms with Crippen LogP contribution in [0.3, 0.4) is 0 Å². The lowest BCUT2D eigenvalue weighted by atomic mass is 10.3. The monoisotopic (exact) mass is 193 g/mol. The van der Waals surface area contributed by atoms with Crippen LogP contribution in [0.4, 0.5) is 0 Å². The quantitative estimate of drug-likeness (QED) is 0.487. The number of carbonyl (C=O) groups is 1. The van der Waals surface area contributed by atoms with E-state index in [0.29, 0.717) is 5.75 Å². The van der Waals surface area contributed by atoms with Crippen molar-refractivity contribution < 1.29 is 15.0 Å². The van der Waals surface area contributed by atoms with Crippen LogP contribution in [0.15, 0.2) is 0 Å². The summed E-state index contributed by atoms with van der Waals surface area (Å²) in [5.74, 6) is 0.530. The van der Waals surface area contributed by atoms with Gasteiger partial charge in [-0.05, 0) is 19.2 Å². The van der Waals surface area contributed by atoms with Gasteiger partial charge in [-0.3, -0.25) is 4.79 Å². The van der Waals surface area contributed by atoms with Crippen LogP contribution < -0.4 is 5.32 Å². The van der Waals surface area contributed by atoms with Gasteiger partial charge in [-0.15, -0.1) is 0 Å². The largest absolute Gasteiger partial charge is 0.480 e. The van der Waals surface area contributed by atoms with Gasteiger partial charge in [0.1, 0.15) is 6.04 Å². The van der Waals surface area contributed by atoms with E-state index in [-0.39, 0.29) is 6.61 Å². The number of aliphatic hydroxyl groups excluding tert-OH is 1. The summed E-state index contributed by atoms with van der Waals surface area (Å²) in [7, 11) is 1.63. The molecule has 0 aromatic heterocycles. The molecule has 4 nitrogen and oxygen atoms in total. The summed E-state index contributed by atoms with van der Waals surface area (Å²) in [4.78, 5) is 10.5. The maximum atomic E-state index is 10.5. The molecule has 0 heterocycles. The summed E-state index contributed by atoms with van der Waals surface area (Å²) in [6, 6.07) is -0.478. The first-order chi connectivity index (χ1) is 5.72. The van der Waals surface area contributed by atoms with Crippen molar-refractivity contribution in [3.05, 3.63) is 0 Å². The standard InChI is InChI=1S/C7H15NO3S/c1-8-6(7(10)11)5-12-4-2-3-9/h6,8-9H,2-5H2,1H3,(H,10,11). The van der Waals surface area contributed by atoms with Crippen molar-refractivity contribution in [3.8, 4) is 0 Å². The molecule has 0 aliphatic carbocycles. The lowest BCUT2D eigenvalue weighted by Gasteiger charge is -2.09. The first-order valence-electron chi connectivity index (χ1n) is 3.81. The van der Waals surface area contributed by atoms with Crippen molar-refractivity contribution in [1.82, 2.24) is 5.32 Å². The minimum Gasteiger partial charge on any atom is -0.480 e. The fraction of sp³-hybridized carbons (Fsp3) is 0.857. The van der Waals surface area contributed by atoms with E-state index in [4.69, 9.17) is 10.2 Å². The Morgan fingerprint density at radius 2 is 2.33 bits per heavy atom. The Balaban J connectivity index is 3.38. The molecule has 1 unspecified atom stereocenters. The molecule has 0 rings (SSSR count). The van der Waals surface area contributed by atoms with Crippen molar-refractivity contribution >= 4 is 17.7 Å². The third kappa shape index (κ3) is 5.40. The molecule has 72 valence electrons. The van der Waals surface area contributed by atoms with Crippen molar-refractivity contribution in [2.45, 2.75) is 12.5 Å². The Morgan fingerprint density at radius 3 is 2.75 bits per heavy atom. The normalized spacial score (nSPS) is 12.8. The zero-order valence-corrected chi connectivity index (χ0v) is 7.93. The molecule has 1 atom stereocenters. The van der Waals surface area contributed by atoms with E-state index in [2.05, 4.69) is 5.32 Å². The van der Waals surface area contributed by atoms with Gasteiger partial charge in [0.2, 0.25) is 0 Å². The van der Waals surface area contributed by atoms with Gasteiger partial charge >= 0.3 is 5.97 Å². The number of aliphatic hydroxyl groups is 1. The van der Waals surface area contributed by atoms with Crippen LogP contribution in [0, 0.1) is 0 Å². The van der Waals surface area contributed by atoms with Gasteiger partial charge in [-0.25, -0.2) is 0 Å². The van der Waals surface area contributed by atoms with Crippen molar-refractivity contribution in [2.75, 3.05) is 25.2 Å². The Morgan fingerprint density at radius 1 is 1.67 bits per heavy atom. The highest BCUT2D eigenvalue weighted by Gasteiger charge is 2.13. The summed E-state index contributed by atoms with van der Waals surface area (Å²) in [6.07, 6.45) is 0.723. The van der Waals surface area contributed by atoms with E-state index in [9.17, 15) is 4.79 Å². The Hall–Kier alpha value is -0.260. The molecule has 0 fully saturated rings. The number of hydrogen-bond acceptors (Lipinski definition) is 4. The fourth-order valence-corrected chi connectivity index (χ4v) is 1.69. The number of carboxylic acids is 1. The van der Waals surface area contributed by atoms with Gasteiger partial charge in [0.25, 0.3) is 0 Å². The molecule has 0 radical (unpaired) electrons. The van der Waals surface area contributed by atoms with Gasteiger partial charge in [0.05, 0.1) is 0 Å². The van der Waals surface area contributed by atoms with Crippen molar-refractivity contribution in [3.63, 3.8) is 0 Å². The molecule has 0 aromatic rings. The molecule has 0 spiro atoms. The Bertz CT molecular complexity index is 132. The van der Waals surface area contributed by atoms with Crippen LogP contribution in [0.1, 0.15) is 6.42 Å². The van der Waals surface area contributed by atoms with E-state index >= 15 is 0 Å². The number of rotatable bonds is 7. The zero-order chi connectivity index (χ0) is 9.40. The highest BCUT2D eigenvalue weighted by atomic mass is 32.2. The van der Waals surface area contributed by atoms with Crippen LogP contribution >= 0.6 is 11.8 Å². The van der Waals surface area contributed by atoms with E-state index < -0.39 is 12.0 Å². The molecule has 0 aliphatic heterocycles. The summed E-state index contributed by atoms with van der Waals surface area (Å²) in [5.41, 5.74) is 0. The van der Waals surface area contributed by atoms with Gasteiger partial charge in [-0.1, -0.05) is 0 Å². The molecular weight excluding hydrogens is 178 g/mol. The molecule has 3 N–H and O–H groups in total. The predicted molar refractivity (Wildman–Crippen MR) is 49.5 cm³/mol. The number of likely N-dealkylation sites (N-methyl/N-ethyl adjacent to an activating group) is 1. The molecular formula is C7H15NO3S. The average Bonchev–Trinajstić information content (AvgIpc) is 2.04. The zero-order valence-electron chi connectivity index (χ0n) is 7.12. The van der Waals surface area contributed by atoms with Gasteiger partial charge < -0.3 is 15.5 Å². The third-order valence-electron chi connectivity index (χ3n) is 1.38. The minimum atomic E-state index is -0.825. The van der Waals surface area contributed by atoms with Gasteiger partial charge in [0, 0.05) is 12.4 Å². The van der Waals surface area contributed by atoms with Gasteiger partial charge in [0.15, 0.2) is 0 Å². The number of hydrogen-bond donors (Lipinski definition) is 3. The number of thioether (sulfide) groups is 1. The number of aliphatic carboxylic acids is 1. The van der Waals surface area contributed by atoms with Crippen LogP contribution in [-0.4, -0.2) is 47.4 Å². The second-order valence-electron chi connectivity index (χ2n) is 2.33. The van der Waals surface area contributed by atoms with Crippen LogP contribution in [0.25, 0.3) is 0 Å². The van der Waals surface area contributed by atoms with Crippen LogP contribution in [-0.2, 0) is 4.79 Å². The maximum Gasteiger partial charge on any atom is 0.321 e. The summed E-state index contributed by atoms with van der Waals surface area (Å²) >= 11 is 1.54. The molecule has 12 heavy (non-hydrogen) atoms. The summed E-state index contributed by atoms with van der Waals surface area (Å²) in [5, 5.41) is 19.8. The smallest absolute Gasteiger partial charge is 0.321 e.